The number of aliphatic hydroxyl groups excluding tert-OH is 9. The number of carbonyl (C=O) groups is 3. The molecule has 9 N–H and O–H groups in total. The van der Waals surface area contributed by atoms with E-state index >= 15 is 4.79 Å². The molecule has 27 atom stereocenters. The molecule has 8 fully saturated rings. The molecule has 0 bridgehead atoms. The van der Waals surface area contributed by atoms with Gasteiger partial charge in [-0.05, 0) is 117 Å². The van der Waals surface area contributed by atoms with Crippen LogP contribution in [0.1, 0.15) is 127 Å². The van der Waals surface area contributed by atoms with E-state index in [4.69, 9.17) is 42.6 Å². The topological polar surface area (TPSA) is 316 Å². The first kappa shape index (κ1) is 57.4. The third-order valence-electron chi connectivity index (χ3n) is 20.8. The van der Waals surface area contributed by atoms with Gasteiger partial charge in [0.25, 0.3) is 0 Å². The molecule has 21 heteroatoms. The van der Waals surface area contributed by atoms with Gasteiger partial charge in [-0.1, -0.05) is 53.2 Å². The number of rotatable bonds is 11. The van der Waals surface area contributed by atoms with Crippen molar-refractivity contribution in [3.05, 3.63) is 11.6 Å². The van der Waals surface area contributed by atoms with Gasteiger partial charge in [0, 0.05) is 6.92 Å². The van der Waals surface area contributed by atoms with Crippen LogP contribution in [0, 0.1) is 50.2 Å². The summed E-state index contributed by atoms with van der Waals surface area (Å²) in [7, 11) is 0. The summed E-state index contributed by atoms with van der Waals surface area (Å²) in [5.74, 6) is -1.40. The van der Waals surface area contributed by atoms with Crippen LogP contribution in [0.4, 0.5) is 0 Å². The molecule has 426 valence electrons. The van der Waals surface area contributed by atoms with Crippen molar-refractivity contribution in [2.45, 2.75) is 243 Å². The van der Waals surface area contributed by atoms with Crippen molar-refractivity contribution in [3.8, 4) is 0 Å². The van der Waals surface area contributed by atoms with Crippen LogP contribution < -0.4 is 0 Å². The van der Waals surface area contributed by atoms with Crippen LogP contribution in [-0.4, -0.2) is 194 Å². The quantitative estimate of drug-likeness (QED) is 0.0793. The standard InChI is InChI=1S/C54H84O21/c1-24-40(72-44-37(63)34(60)29(58)22-67-44)36(62)39(65)45(68-24)74-43-42(73-46-38(64)35(61)30(21-55)71-46)41(70-26(3)57)25(2)69-47(43)75-48(66)54-18-16-49(4,5)20-28(54)27-10-11-32-50(6)14-13-33(59)51(7,23-56)31(50)12-15-53(32,9)52(27,8)17-19-54/h10,23-25,28-47,55,58-65H,11-22H2,1-9H3/t24-,25+,28-,29+,30-,31+,32+,33-,34-,35-,36-,37+,38+,39+,40-,41-,42-,43+,44-,45-,46+,47-,50-,51-,52+,53+,54-/m0/s1. The number of allylic oxidation sites excluding steroid dienone is 2. The van der Waals surface area contributed by atoms with E-state index in [9.17, 15) is 55.5 Å². The van der Waals surface area contributed by atoms with E-state index in [1.807, 2.05) is 6.92 Å². The molecule has 0 aromatic carbocycles. The van der Waals surface area contributed by atoms with Gasteiger partial charge in [0.1, 0.15) is 67.3 Å². The lowest BCUT2D eigenvalue weighted by Gasteiger charge is -2.71. The van der Waals surface area contributed by atoms with E-state index in [1.165, 1.54) is 12.5 Å². The molecule has 4 aliphatic heterocycles. The zero-order chi connectivity index (χ0) is 54.7. The minimum Gasteiger partial charge on any atom is -0.457 e. The molecule has 0 amide bonds. The van der Waals surface area contributed by atoms with Gasteiger partial charge in [-0.2, -0.15) is 0 Å². The van der Waals surface area contributed by atoms with Crippen molar-refractivity contribution in [1.29, 1.82) is 0 Å². The predicted molar refractivity (Wildman–Crippen MR) is 258 cm³/mol. The summed E-state index contributed by atoms with van der Waals surface area (Å²) in [4.78, 5) is 41.4. The lowest BCUT2D eigenvalue weighted by Crippen LogP contribution is -2.67. The minimum atomic E-state index is -1.95. The van der Waals surface area contributed by atoms with Gasteiger partial charge in [-0.15, -0.1) is 0 Å². The van der Waals surface area contributed by atoms with Crippen LogP contribution in [0.15, 0.2) is 11.6 Å². The number of ether oxygens (including phenoxy) is 9. The van der Waals surface area contributed by atoms with Gasteiger partial charge in [-0.25, -0.2) is 0 Å². The predicted octanol–water partition coefficient (Wildman–Crippen LogP) is 1.05. The maximum absolute atomic E-state index is 15.8. The Labute approximate surface area is 438 Å². The Morgan fingerprint density at radius 2 is 1.28 bits per heavy atom. The molecule has 9 aliphatic rings. The highest BCUT2D eigenvalue weighted by molar-refractivity contribution is 5.79. The van der Waals surface area contributed by atoms with E-state index in [-0.39, 0.29) is 39.4 Å². The molecular formula is C54H84O21. The molecule has 0 aromatic heterocycles. The number of hydrogen-bond acceptors (Lipinski definition) is 21. The van der Waals surface area contributed by atoms with Crippen LogP contribution in [0.3, 0.4) is 0 Å². The van der Waals surface area contributed by atoms with Crippen molar-refractivity contribution in [2.75, 3.05) is 13.2 Å². The fourth-order valence-electron chi connectivity index (χ4n) is 16.1. The summed E-state index contributed by atoms with van der Waals surface area (Å²) in [6.45, 7) is 16.5. The average molecular weight is 1070 g/mol. The molecule has 4 heterocycles. The van der Waals surface area contributed by atoms with E-state index < -0.39 is 153 Å². The van der Waals surface area contributed by atoms with Crippen LogP contribution in [0.5, 0.6) is 0 Å². The lowest BCUT2D eigenvalue weighted by molar-refractivity contribution is -0.382. The summed E-state index contributed by atoms with van der Waals surface area (Å²) in [5.41, 5.74) is -1.62. The smallest absolute Gasteiger partial charge is 0.315 e. The molecular weight excluding hydrogens is 985 g/mol. The van der Waals surface area contributed by atoms with Gasteiger partial charge in [-0.3, -0.25) is 9.59 Å². The number of aldehydes is 1. The van der Waals surface area contributed by atoms with Crippen molar-refractivity contribution in [1.82, 2.24) is 0 Å². The zero-order valence-electron chi connectivity index (χ0n) is 44.8. The Bertz CT molecular complexity index is 2140. The van der Waals surface area contributed by atoms with Gasteiger partial charge in [0.15, 0.2) is 31.1 Å². The monoisotopic (exact) mass is 1070 g/mol. The fourth-order valence-corrected chi connectivity index (χ4v) is 16.1. The summed E-state index contributed by atoms with van der Waals surface area (Å²) >= 11 is 0. The second-order valence-corrected chi connectivity index (χ2v) is 25.5. The van der Waals surface area contributed by atoms with Gasteiger partial charge >= 0.3 is 11.9 Å². The van der Waals surface area contributed by atoms with Gasteiger partial charge in [0.05, 0.1) is 42.4 Å². The molecule has 9 rings (SSSR count). The number of aliphatic hydroxyl groups is 9. The van der Waals surface area contributed by atoms with Gasteiger partial charge < -0.3 is 93.4 Å². The second-order valence-electron chi connectivity index (χ2n) is 25.5. The molecule has 75 heavy (non-hydrogen) atoms. The number of carbonyl (C=O) groups excluding carboxylic acids is 3. The first-order chi connectivity index (χ1) is 35.1. The Morgan fingerprint density at radius 1 is 0.667 bits per heavy atom. The summed E-state index contributed by atoms with van der Waals surface area (Å²) in [6.07, 6.45) is -18.9. The second kappa shape index (κ2) is 20.7. The Kier molecular flexibility index (Phi) is 15.8. The van der Waals surface area contributed by atoms with Crippen LogP contribution in [-0.2, 0) is 57.0 Å². The average Bonchev–Trinajstić information content (AvgIpc) is 3.63. The highest BCUT2D eigenvalue weighted by Gasteiger charge is 2.70. The SMILES string of the molecule is CC(=O)O[C@@H]1[C@H](O[C@H]2O[C@@H](CO)[C@H](O)[C@H]2O)[C@@H](O[C@@H]2O[C@@H](C)[C@H](O[C@@H]3OC[C@@H](O)[C@H](O)[C@H]3O)[C@@H](O)[C@H]2O)[C@H](OC(=O)[C@]23CCC(C)(C)C[C@H]2C2=CC[C@@H]4[C@@]5(C)CC[C@H](O)[C@@](C)(C=O)[C@@H]5CC[C@@]4(C)[C@]2(C)CC3)O[C@@H]1C. The summed E-state index contributed by atoms with van der Waals surface area (Å²) in [6, 6.07) is 0. The Hall–Kier alpha value is -2.29. The normalized spacial score (nSPS) is 53.5. The van der Waals surface area contributed by atoms with Crippen molar-refractivity contribution < 1.29 is 103 Å². The zero-order valence-corrected chi connectivity index (χ0v) is 44.8. The molecule has 4 saturated heterocycles. The van der Waals surface area contributed by atoms with E-state index in [0.29, 0.717) is 38.5 Å². The number of hydrogen-bond donors (Lipinski definition) is 9. The maximum atomic E-state index is 15.8. The Morgan fingerprint density at radius 3 is 1.95 bits per heavy atom. The first-order valence-corrected chi connectivity index (χ1v) is 27.3. The third-order valence-corrected chi connectivity index (χ3v) is 20.8. The highest BCUT2D eigenvalue weighted by Crippen LogP contribution is 2.76. The first-order valence-electron chi connectivity index (χ1n) is 27.3. The molecule has 0 aromatic rings. The number of esters is 2. The molecule has 5 aliphatic carbocycles. The van der Waals surface area contributed by atoms with E-state index in [2.05, 4.69) is 40.7 Å². The molecule has 4 saturated carbocycles. The largest absolute Gasteiger partial charge is 0.457 e. The van der Waals surface area contributed by atoms with Crippen molar-refractivity contribution >= 4 is 18.2 Å². The summed E-state index contributed by atoms with van der Waals surface area (Å²) < 4.78 is 54.9. The molecule has 0 unspecified atom stereocenters. The number of fused-ring (bicyclic) bond motifs is 7. The minimum absolute atomic E-state index is 0.0116. The third kappa shape index (κ3) is 9.38. The van der Waals surface area contributed by atoms with Crippen molar-refractivity contribution in [3.63, 3.8) is 0 Å². The van der Waals surface area contributed by atoms with Crippen LogP contribution in [0.25, 0.3) is 0 Å². The van der Waals surface area contributed by atoms with Crippen molar-refractivity contribution in [2.24, 2.45) is 50.2 Å². The van der Waals surface area contributed by atoms with Gasteiger partial charge in [0.2, 0.25) is 6.29 Å². The van der Waals surface area contributed by atoms with E-state index in [0.717, 1.165) is 38.9 Å². The van der Waals surface area contributed by atoms with E-state index in [1.54, 1.807) is 6.92 Å². The molecule has 0 radical (unpaired) electrons. The summed E-state index contributed by atoms with van der Waals surface area (Å²) in [5, 5.41) is 97.4. The highest BCUT2D eigenvalue weighted by atomic mass is 16.8. The molecule has 21 nitrogen and oxygen atoms in total. The van der Waals surface area contributed by atoms with Crippen LogP contribution >= 0.6 is 0 Å². The molecule has 0 spiro atoms. The fraction of sp³-hybridized carbons (Fsp3) is 0.907. The lowest BCUT2D eigenvalue weighted by atomic mass is 9.33. The maximum Gasteiger partial charge on any atom is 0.315 e. The van der Waals surface area contributed by atoms with Crippen LogP contribution in [0.2, 0.25) is 0 Å². The Balaban J connectivity index is 1.05.